The third-order valence-electron chi connectivity index (χ3n) is 5.37. The van der Waals surface area contributed by atoms with E-state index in [1.165, 1.54) is 7.11 Å². The number of aryl methyl sites for hydroxylation is 1. The van der Waals surface area contributed by atoms with Gasteiger partial charge in [0.15, 0.2) is 0 Å². The Kier molecular flexibility index (Phi) is 8.06. The van der Waals surface area contributed by atoms with Gasteiger partial charge in [0.25, 0.3) is 0 Å². The summed E-state index contributed by atoms with van der Waals surface area (Å²) in [5, 5.41) is 7.59. The predicted octanol–water partition coefficient (Wildman–Crippen LogP) is 3.47. The SMILES string of the molecule is CCn1c2ccccc2c2cc(NC(=O)COCC(=O)NC(CC(C)C)C(=O)OC)ccc21. The van der Waals surface area contributed by atoms with Crippen molar-refractivity contribution in [2.45, 2.75) is 39.8 Å². The Morgan fingerprint density at radius 3 is 2.36 bits per heavy atom. The maximum absolute atomic E-state index is 12.3. The summed E-state index contributed by atoms with van der Waals surface area (Å²) in [6.45, 7) is 6.22. The number of nitrogens with zero attached hydrogens (tertiary/aromatic N) is 1. The van der Waals surface area contributed by atoms with E-state index in [0.29, 0.717) is 12.1 Å². The van der Waals surface area contributed by atoms with E-state index in [1.54, 1.807) is 0 Å². The third kappa shape index (κ3) is 5.90. The Bertz CT molecular complexity index is 1150. The summed E-state index contributed by atoms with van der Waals surface area (Å²) < 4.78 is 12.2. The zero-order valence-corrected chi connectivity index (χ0v) is 19.5. The van der Waals surface area contributed by atoms with Crippen LogP contribution in [0.3, 0.4) is 0 Å². The number of carbonyl (C=O) groups excluding carboxylic acids is 3. The Balaban J connectivity index is 1.57. The van der Waals surface area contributed by atoms with Gasteiger partial charge in [-0.3, -0.25) is 9.59 Å². The normalized spacial score (nSPS) is 12.2. The molecule has 2 amide bonds. The third-order valence-corrected chi connectivity index (χ3v) is 5.37. The van der Waals surface area contributed by atoms with Crippen molar-refractivity contribution in [3.05, 3.63) is 42.5 Å². The molecule has 0 bridgehead atoms. The smallest absolute Gasteiger partial charge is 0.328 e. The number of amides is 2. The summed E-state index contributed by atoms with van der Waals surface area (Å²) in [7, 11) is 1.28. The van der Waals surface area contributed by atoms with Gasteiger partial charge < -0.3 is 24.7 Å². The first-order chi connectivity index (χ1) is 15.8. The molecule has 176 valence electrons. The van der Waals surface area contributed by atoms with Gasteiger partial charge in [-0.15, -0.1) is 0 Å². The fourth-order valence-corrected chi connectivity index (χ4v) is 3.97. The number of benzene rings is 2. The lowest BCUT2D eigenvalue weighted by atomic mass is 10.0. The quantitative estimate of drug-likeness (QED) is 0.458. The van der Waals surface area contributed by atoms with E-state index in [9.17, 15) is 14.4 Å². The molecule has 0 aliphatic heterocycles. The summed E-state index contributed by atoms with van der Waals surface area (Å²) in [5.41, 5.74) is 2.91. The lowest BCUT2D eigenvalue weighted by Gasteiger charge is -2.18. The average Bonchev–Trinajstić information content (AvgIpc) is 3.10. The first-order valence-corrected chi connectivity index (χ1v) is 11.1. The zero-order chi connectivity index (χ0) is 24.0. The van der Waals surface area contributed by atoms with E-state index in [4.69, 9.17) is 9.47 Å². The molecule has 1 atom stereocenters. The van der Waals surface area contributed by atoms with Crippen LogP contribution in [0.25, 0.3) is 21.8 Å². The molecule has 0 saturated carbocycles. The number of carbonyl (C=O) groups is 3. The first kappa shape index (κ1) is 24.3. The maximum Gasteiger partial charge on any atom is 0.328 e. The highest BCUT2D eigenvalue weighted by Crippen LogP contribution is 2.30. The molecule has 0 spiro atoms. The van der Waals surface area contributed by atoms with Gasteiger partial charge in [0.1, 0.15) is 19.3 Å². The van der Waals surface area contributed by atoms with Gasteiger partial charge >= 0.3 is 5.97 Å². The van der Waals surface area contributed by atoms with Gasteiger partial charge in [0.05, 0.1) is 7.11 Å². The van der Waals surface area contributed by atoms with Crippen molar-refractivity contribution < 1.29 is 23.9 Å². The number of para-hydroxylation sites is 1. The molecular formula is C25H31N3O5. The second kappa shape index (κ2) is 11.0. The van der Waals surface area contributed by atoms with Crippen LogP contribution in [0.4, 0.5) is 5.69 Å². The largest absolute Gasteiger partial charge is 0.467 e. The standard InChI is InChI=1S/C25H31N3O5/c1-5-28-21-9-7-6-8-18(21)19-13-17(10-11-22(19)28)26-23(29)14-33-15-24(30)27-20(12-16(2)3)25(31)32-4/h6-11,13,16,20H,5,12,14-15H2,1-4H3,(H,26,29)(H,27,30). The van der Waals surface area contributed by atoms with Crippen LogP contribution in [0.2, 0.25) is 0 Å². The molecule has 1 heterocycles. The van der Waals surface area contributed by atoms with E-state index in [0.717, 1.165) is 28.4 Å². The minimum atomic E-state index is -0.739. The molecule has 8 heteroatoms. The van der Waals surface area contributed by atoms with Crippen LogP contribution in [0, 0.1) is 5.92 Å². The van der Waals surface area contributed by atoms with Crippen molar-refractivity contribution in [2.24, 2.45) is 5.92 Å². The number of hydrogen-bond acceptors (Lipinski definition) is 5. The van der Waals surface area contributed by atoms with Crippen molar-refractivity contribution in [2.75, 3.05) is 25.6 Å². The van der Waals surface area contributed by atoms with Crippen LogP contribution in [0.5, 0.6) is 0 Å². The molecule has 0 aliphatic carbocycles. The molecule has 33 heavy (non-hydrogen) atoms. The average molecular weight is 454 g/mol. The molecule has 8 nitrogen and oxygen atoms in total. The van der Waals surface area contributed by atoms with Crippen LogP contribution in [0.15, 0.2) is 42.5 Å². The minimum Gasteiger partial charge on any atom is -0.467 e. The van der Waals surface area contributed by atoms with Crippen molar-refractivity contribution in [1.82, 2.24) is 9.88 Å². The first-order valence-electron chi connectivity index (χ1n) is 11.1. The zero-order valence-electron chi connectivity index (χ0n) is 19.5. The van der Waals surface area contributed by atoms with Crippen molar-refractivity contribution in [3.63, 3.8) is 0 Å². The number of rotatable bonds is 10. The molecule has 2 aromatic carbocycles. The topological polar surface area (TPSA) is 98.7 Å². The van der Waals surface area contributed by atoms with Gasteiger partial charge in [-0.25, -0.2) is 4.79 Å². The summed E-state index contributed by atoms with van der Waals surface area (Å²) in [6.07, 6.45) is 0.454. The molecule has 0 saturated heterocycles. The highest BCUT2D eigenvalue weighted by atomic mass is 16.5. The lowest BCUT2D eigenvalue weighted by Crippen LogP contribution is -2.44. The van der Waals surface area contributed by atoms with E-state index in [-0.39, 0.29) is 25.0 Å². The van der Waals surface area contributed by atoms with Gasteiger partial charge in [-0.2, -0.15) is 0 Å². The van der Waals surface area contributed by atoms with E-state index in [1.807, 2.05) is 44.2 Å². The number of ether oxygens (including phenoxy) is 2. The van der Waals surface area contributed by atoms with Crippen LogP contribution >= 0.6 is 0 Å². The molecule has 1 unspecified atom stereocenters. The van der Waals surface area contributed by atoms with Crippen molar-refractivity contribution in [3.8, 4) is 0 Å². The van der Waals surface area contributed by atoms with E-state index in [2.05, 4.69) is 34.3 Å². The summed E-state index contributed by atoms with van der Waals surface area (Å²) >= 11 is 0. The molecule has 3 aromatic rings. The van der Waals surface area contributed by atoms with E-state index < -0.39 is 17.9 Å². The van der Waals surface area contributed by atoms with Crippen LogP contribution in [-0.2, 0) is 30.4 Å². The van der Waals surface area contributed by atoms with Gasteiger partial charge in [0.2, 0.25) is 11.8 Å². The number of hydrogen-bond donors (Lipinski definition) is 2. The van der Waals surface area contributed by atoms with Gasteiger partial charge in [-0.05, 0) is 43.5 Å². The molecule has 2 N–H and O–H groups in total. The number of aromatic nitrogens is 1. The number of anilines is 1. The van der Waals surface area contributed by atoms with Gasteiger partial charge in [0, 0.05) is 34.0 Å². The van der Waals surface area contributed by atoms with Crippen LogP contribution < -0.4 is 10.6 Å². The lowest BCUT2D eigenvalue weighted by molar-refractivity contribution is -0.146. The molecule has 0 radical (unpaired) electrons. The summed E-state index contributed by atoms with van der Waals surface area (Å²) in [5.74, 6) is -1.15. The fourth-order valence-electron chi connectivity index (χ4n) is 3.97. The van der Waals surface area contributed by atoms with E-state index >= 15 is 0 Å². The molecule has 3 rings (SSSR count). The Hall–Kier alpha value is -3.39. The Labute approximate surface area is 193 Å². The predicted molar refractivity (Wildman–Crippen MR) is 128 cm³/mol. The number of methoxy groups -OCH3 is 1. The summed E-state index contributed by atoms with van der Waals surface area (Å²) in [4.78, 5) is 36.3. The van der Waals surface area contributed by atoms with Crippen molar-refractivity contribution in [1.29, 1.82) is 0 Å². The molecule has 0 aliphatic rings. The van der Waals surface area contributed by atoms with Crippen molar-refractivity contribution >= 4 is 45.3 Å². The Morgan fingerprint density at radius 1 is 0.970 bits per heavy atom. The monoisotopic (exact) mass is 453 g/mol. The minimum absolute atomic E-state index is 0.199. The number of esters is 1. The highest BCUT2D eigenvalue weighted by Gasteiger charge is 2.22. The van der Waals surface area contributed by atoms with Crippen LogP contribution in [-0.4, -0.2) is 48.7 Å². The molecular weight excluding hydrogens is 422 g/mol. The van der Waals surface area contributed by atoms with Crippen LogP contribution in [0.1, 0.15) is 27.2 Å². The number of nitrogens with one attached hydrogen (secondary N) is 2. The molecule has 0 fully saturated rings. The molecule has 1 aromatic heterocycles. The van der Waals surface area contributed by atoms with Gasteiger partial charge in [-0.1, -0.05) is 32.0 Å². The maximum atomic E-state index is 12.3. The highest BCUT2D eigenvalue weighted by molar-refractivity contribution is 6.09. The second-order valence-electron chi connectivity index (χ2n) is 8.31. The second-order valence-corrected chi connectivity index (χ2v) is 8.31. The number of fused-ring (bicyclic) bond motifs is 3. The Morgan fingerprint density at radius 2 is 1.67 bits per heavy atom. The summed E-state index contributed by atoms with van der Waals surface area (Å²) in [6, 6.07) is 13.2. The fraction of sp³-hybridized carbons (Fsp3) is 0.400.